The summed E-state index contributed by atoms with van der Waals surface area (Å²) < 4.78 is 120. The van der Waals surface area contributed by atoms with E-state index in [1.54, 1.807) is 0 Å². The van der Waals surface area contributed by atoms with Crippen LogP contribution >= 0.6 is 0 Å². The van der Waals surface area contributed by atoms with Gasteiger partial charge in [-0.05, 0) is 6.92 Å². The van der Waals surface area contributed by atoms with Gasteiger partial charge in [-0.2, -0.15) is 0 Å². The highest BCUT2D eigenvalue weighted by Crippen LogP contribution is 1.91. The van der Waals surface area contributed by atoms with Crippen LogP contribution in [0.25, 0.3) is 0 Å². The van der Waals surface area contributed by atoms with E-state index in [2.05, 4.69) is 5.32 Å². The largest absolute Gasteiger partial charge is 0.379 e. The molecule has 0 aliphatic carbocycles. The standard InChI is InChI=1S/C49H100N2O23/c1-2-53-7-8-55-11-12-57-15-16-59-19-20-61-23-24-63-27-28-65-31-32-67-35-36-69-39-40-71-43-44-73-47-48-74-46-45-72-42-41-70-38-37-68-34-33-66-30-29-64-26-25-62-22-21-60-18-17-58-14-13-56-10-9-54-6-5-51-49(52)3-4-50/h2-48,50H2,1H3,(H,51,52). The Bertz CT molecular complexity index is 1020. The van der Waals surface area contributed by atoms with Gasteiger partial charge >= 0.3 is 0 Å². The lowest BCUT2D eigenvalue weighted by molar-refractivity contribution is -0.121. The van der Waals surface area contributed by atoms with Crippen LogP contribution in [-0.4, -0.2) is 310 Å². The van der Waals surface area contributed by atoms with Gasteiger partial charge in [0.05, 0.1) is 284 Å². The molecule has 0 aromatic rings. The third kappa shape index (κ3) is 68.6. The molecular formula is C49H100N2O23. The third-order valence-corrected chi connectivity index (χ3v) is 8.96. The molecule has 1 amide bonds. The molecule has 0 radical (unpaired) electrons. The lowest BCUT2D eigenvalue weighted by atomic mass is 10.4. The van der Waals surface area contributed by atoms with Crippen LogP contribution in [0.1, 0.15) is 13.3 Å². The summed E-state index contributed by atoms with van der Waals surface area (Å²) in [6, 6.07) is 0. The first-order valence-electron chi connectivity index (χ1n) is 26.5. The fourth-order valence-corrected chi connectivity index (χ4v) is 5.24. The smallest absolute Gasteiger partial charge is 0.221 e. The third-order valence-electron chi connectivity index (χ3n) is 8.96. The van der Waals surface area contributed by atoms with E-state index in [0.29, 0.717) is 310 Å². The molecule has 0 atom stereocenters. The van der Waals surface area contributed by atoms with Gasteiger partial charge in [-0.25, -0.2) is 0 Å². The molecule has 0 fully saturated rings. The molecule has 444 valence electrons. The van der Waals surface area contributed by atoms with Crippen LogP contribution in [0.4, 0.5) is 0 Å². The highest BCUT2D eigenvalue weighted by atomic mass is 16.6. The minimum Gasteiger partial charge on any atom is -0.379 e. The summed E-state index contributed by atoms with van der Waals surface area (Å²) in [6.07, 6.45) is 0.324. The lowest BCUT2D eigenvalue weighted by Gasteiger charge is -2.09. The predicted octanol–water partition coefficient (Wildman–Crippen LogP) is -0.164. The van der Waals surface area contributed by atoms with Crippen molar-refractivity contribution in [3.63, 3.8) is 0 Å². The van der Waals surface area contributed by atoms with E-state index in [9.17, 15) is 4.79 Å². The summed E-state index contributed by atoms with van der Waals surface area (Å²) in [5.74, 6) is -0.0686. The van der Waals surface area contributed by atoms with Gasteiger partial charge in [0.1, 0.15) is 0 Å². The monoisotopic (exact) mass is 1080 g/mol. The second kappa shape index (κ2) is 69.6. The minimum atomic E-state index is -0.0686. The van der Waals surface area contributed by atoms with Gasteiger partial charge in [-0.3, -0.25) is 4.79 Å². The average Bonchev–Trinajstić information content (AvgIpc) is 3.40. The zero-order chi connectivity index (χ0) is 53.1. The molecule has 0 aromatic heterocycles. The van der Waals surface area contributed by atoms with Crippen molar-refractivity contribution in [3.05, 3.63) is 0 Å². The Kier molecular flexibility index (Phi) is 68.2. The summed E-state index contributed by atoms with van der Waals surface area (Å²) in [4.78, 5) is 11.3. The van der Waals surface area contributed by atoms with Crippen molar-refractivity contribution in [2.24, 2.45) is 5.73 Å². The Morgan fingerprint density at radius 2 is 0.378 bits per heavy atom. The van der Waals surface area contributed by atoms with Gasteiger partial charge in [0.15, 0.2) is 0 Å². The Labute approximate surface area is 442 Å². The summed E-state index contributed by atoms with van der Waals surface area (Å²) >= 11 is 0. The predicted molar refractivity (Wildman–Crippen MR) is 270 cm³/mol. The van der Waals surface area contributed by atoms with E-state index in [1.807, 2.05) is 6.92 Å². The highest BCUT2D eigenvalue weighted by Gasteiger charge is 2.01. The van der Waals surface area contributed by atoms with Crippen LogP contribution in [0, 0.1) is 0 Å². The molecular weight excluding hydrogens is 985 g/mol. The maximum absolute atomic E-state index is 11.3. The molecule has 0 unspecified atom stereocenters. The number of carbonyl (C=O) groups is 1. The van der Waals surface area contributed by atoms with Crippen molar-refractivity contribution in [2.75, 3.05) is 304 Å². The molecule has 3 N–H and O–H groups in total. The minimum absolute atomic E-state index is 0.0686. The summed E-state index contributed by atoms with van der Waals surface area (Å²) in [5.41, 5.74) is 5.32. The maximum atomic E-state index is 11.3. The van der Waals surface area contributed by atoms with Crippen molar-refractivity contribution >= 4 is 5.91 Å². The average molecular weight is 1090 g/mol. The van der Waals surface area contributed by atoms with Crippen LogP contribution in [0.2, 0.25) is 0 Å². The number of carbonyl (C=O) groups excluding carboxylic acids is 1. The molecule has 0 rings (SSSR count). The van der Waals surface area contributed by atoms with Crippen molar-refractivity contribution in [1.82, 2.24) is 5.32 Å². The first kappa shape index (κ1) is 72.5. The Morgan fingerprint density at radius 3 is 0.514 bits per heavy atom. The fraction of sp³-hybridized carbons (Fsp3) is 0.980. The van der Waals surface area contributed by atoms with Gasteiger partial charge in [0.25, 0.3) is 0 Å². The summed E-state index contributed by atoms with van der Waals surface area (Å²) in [6.45, 7) is 24.8. The number of hydrogen-bond donors (Lipinski definition) is 2. The topological polar surface area (TPSA) is 258 Å². The molecule has 0 aromatic carbocycles. The first-order valence-corrected chi connectivity index (χ1v) is 26.5. The molecule has 0 saturated heterocycles. The van der Waals surface area contributed by atoms with Crippen LogP contribution in [-0.2, 0) is 109 Å². The number of nitrogens with one attached hydrogen (secondary N) is 1. The van der Waals surface area contributed by atoms with Gasteiger partial charge < -0.3 is 115 Å². The normalized spacial score (nSPS) is 11.6. The molecule has 0 heterocycles. The summed E-state index contributed by atoms with van der Waals surface area (Å²) in [7, 11) is 0. The van der Waals surface area contributed by atoms with Crippen LogP contribution in [0.15, 0.2) is 0 Å². The molecule has 0 saturated carbocycles. The first-order chi connectivity index (χ1) is 36.8. The van der Waals surface area contributed by atoms with Crippen LogP contribution in [0.3, 0.4) is 0 Å². The molecule has 0 aliphatic heterocycles. The number of nitrogens with two attached hydrogens (primary N) is 1. The van der Waals surface area contributed by atoms with Crippen molar-refractivity contribution in [1.29, 1.82) is 0 Å². The fourth-order valence-electron chi connectivity index (χ4n) is 5.24. The molecule has 0 bridgehead atoms. The van der Waals surface area contributed by atoms with Gasteiger partial charge in [0, 0.05) is 26.1 Å². The highest BCUT2D eigenvalue weighted by molar-refractivity contribution is 5.75. The number of hydrogen-bond acceptors (Lipinski definition) is 24. The van der Waals surface area contributed by atoms with Crippen LogP contribution in [0.5, 0.6) is 0 Å². The van der Waals surface area contributed by atoms with E-state index in [-0.39, 0.29) is 5.91 Å². The van der Waals surface area contributed by atoms with Gasteiger partial charge in [-0.1, -0.05) is 0 Å². The number of rotatable bonds is 69. The second-order valence-electron chi connectivity index (χ2n) is 14.9. The van der Waals surface area contributed by atoms with E-state index in [1.165, 1.54) is 0 Å². The van der Waals surface area contributed by atoms with Crippen LogP contribution < -0.4 is 11.1 Å². The zero-order valence-electron chi connectivity index (χ0n) is 45.2. The Hall–Kier alpha value is -1.45. The van der Waals surface area contributed by atoms with E-state index < -0.39 is 0 Å². The number of amides is 1. The Morgan fingerprint density at radius 1 is 0.243 bits per heavy atom. The zero-order valence-corrected chi connectivity index (χ0v) is 45.2. The number of ether oxygens (including phenoxy) is 22. The molecule has 0 spiro atoms. The van der Waals surface area contributed by atoms with E-state index in [4.69, 9.17) is 110 Å². The van der Waals surface area contributed by atoms with Crippen molar-refractivity contribution < 1.29 is 109 Å². The molecule has 74 heavy (non-hydrogen) atoms. The molecule has 25 nitrogen and oxygen atoms in total. The Balaban J connectivity index is 3.08. The molecule has 0 aliphatic rings. The maximum Gasteiger partial charge on any atom is 0.221 e. The lowest BCUT2D eigenvalue weighted by Crippen LogP contribution is -2.29. The van der Waals surface area contributed by atoms with Gasteiger partial charge in [-0.15, -0.1) is 0 Å². The van der Waals surface area contributed by atoms with E-state index >= 15 is 0 Å². The van der Waals surface area contributed by atoms with Crippen molar-refractivity contribution in [2.45, 2.75) is 13.3 Å². The second-order valence-corrected chi connectivity index (χ2v) is 14.9. The van der Waals surface area contributed by atoms with Gasteiger partial charge in [0.2, 0.25) is 5.91 Å². The van der Waals surface area contributed by atoms with Crippen molar-refractivity contribution in [3.8, 4) is 0 Å². The van der Waals surface area contributed by atoms with E-state index in [0.717, 1.165) is 0 Å². The molecule has 25 heteroatoms. The summed E-state index contributed by atoms with van der Waals surface area (Å²) in [5, 5.41) is 2.72. The quantitative estimate of drug-likeness (QED) is 0.0750. The SMILES string of the molecule is CCOCCOCCOCCOCCOCCOCCOCCOCCOCCOCCOCCOCCOCCOCCOCCOCCOCCOCCOCCOCCOCCOCCNC(=O)CCN.